The third-order valence-corrected chi connectivity index (χ3v) is 5.22. The zero-order valence-corrected chi connectivity index (χ0v) is 16.3. The SMILES string of the molecule is CCNC(=NCCSc1ccccc1F)N1CCN(c2ncccn2)CC1. The first-order valence-electron chi connectivity index (χ1n) is 9.20. The van der Waals surface area contributed by atoms with Crippen molar-refractivity contribution in [3.8, 4) is 0 Å². The maximum atomic E-state index is 13.7. The first-order chi connectivity index (χ1) is 13.3. The average molecular weight is 389 g/mol. The lowest BCUT2D eigenvalue weighted by Crippen LogP contribution is -2.53. The van der Waals surface area contributed by atoms with E-state index in [2.05, 4.69) is 32.0 Å². The summed E-state index contributed by atoms with van der Waals surface area (Å²) >= 11 is 1.50. The summed E-state index contributed by atoms with van der Waals surface area (Å²) in [6, 6.07) is 8.69. The van der Waals surface area contributed by atoms with E-state index in [1.54, 1.807) is 24.5 Å². The Morgan fingerprint density at radius 2 is 1.89 bits per heavy atom. The quantitative estimate of drug-likeness (QED) is 0.355. The van der Waals surface area contributed by atoms with E-state index >= 15 is 0 Å². The molecule has 2 aromatic rings. The van der Waals surface area contributed by atoms with Crippen LogP contribution in [0.5, 0.6) is 0 Å². The molecule has 8 heteroatoms. The van der Waals surface area contributed by atoms with Crippen LogP contribution in [0.3, 0.4) is 0 Å². The number of aromatic nitrogens is 2. The molecule has 1 saturated heterocycles. The Kier molecular flexibility index (Phi) is 7.27. The molecule has 0 aliphatic carbocycles. The van der Waals surface area contributed by atoms with Crippen LogP contribution in [0, 0.1) is 5.82 Å². The van der Waals surface area contributed by atoms with Gasteiger partial charge in [-0.3, -0.25) is 4.99 Å². The Morgan fingerprint density at radius 1 is 1.15 bits per heavy atom. The number of piperazine rings is 1. The molecule has 0 radical (unpaired) electrons. The summed E-state index contributed by atoms with van der Waals surface area (Å²) in [6.07, 6.45) is 3.54. The van der Waals surface area contributed by atoms with Gasteiger partial charge in [-0.25, -0.2) is 14.4 Å². The van der Waals surface area contributed by atoms with Crippen LogP contribution in [0.2, 0.25) is 0 Å². The molecule has 2 heterocycles. The number of rotatable bonds is 6. The fraction of sp³-hybridized carbons (Fsp3) is 0.421. The highest BCUT2D eigenvalue weighted by molar-refractivity contribution is 7.99. The number of hydrogen-bond acceptors (Lipinski definition) is 5. The van der Waals surface area contributed by atoms with Crippen LogP contribution in [0.1, 0.15) is 6.92 Å². The lowest BCUT2D eigenvalue weighted by atomic mass is 10.3. The standard InChI is InChI=1S/C19H25FN6S/c1-2-21-18(24-10-15-27-17-7-4-3-6-16(17)20)25-11-13-26(14-12-25)19-22-8-5-9-23-19/h3-9H,2,10-15H2,1H3,(H,21,24). The molecule has 1 aromatic carbocycles. The van der Waals surface area contributed by atoms with Crippen LogP contribution in [0.15, 0.2) is 52.6 Å². The minimum absolute atomic E-state index is 0.169. The molecule has 0 spiro atoms. The minimum atomic E-state index is -0.169. The van der Waals surface area contributed by atoms with Crippen molar-refractivity contribution in [2.75, 3.05) is 49.9 Å². The summed E-state index contributed by atoms with van der Waals surface area (Å²) in [5.74, 6) is 2.27. The van der Waals surface area contributed by atoms with Gasteiger partial charge in [-0.15, -0.1) is 11.8 Å². The summed E-state index contributed by atoms with van der Waals surface area (Å²) in [5.41, 5.74) is 0. The number of nitrogens with zero attached hydrogens (tertiary/aromatic N) is 5. The molecule has 6 nitrogen and oxygen atoms in total. The number of benzene rings is 1. The van der Waals surface area contributed by atoms with Gasteiger partial charge < -0.3 is 15.1 Å². The molecule has 3 rings (SSSR count). The molecule has 0 unspecified atom stereocenters. The summed E-state index contributed by atoms with van der Waals surface area (Å²) in [6.45, 7) is 6.98. The van der Waals surface area contributed by atoms with Crippen molar-refractivity contribution in [2.24, 2.45) is 4.99 Å². The molecule has 1 aliphatic rings. The Balaban J connectivity index is 1.51. The lowest BCUT2D eigenvalue weighted by molar-refractivity contribution is 0.370. The van der Waals surface area contributed by atoms with Gasteiger partial charge in [0.25, 0.3) is 0 Å². The van der Waals surface area contributed by atoms with E-state index in [9.17, 15) is 4.39 Å². The summed E-state index contributed by atoms with van der Waals surface area (Å²) in [4.78, 5) is 18.5. The van der Waals surface area contributed by atoms with Crippen LogP contribution in [0.4, 0.5) is 10.3 Å². The second kappa shape index (κ2) is 10.1. The van der Waals surface area contributed by atoms with Gasteiger partial charge in [0, 0.05) is 55.8 Å². The number of guanidine groups is 1. The van der Waals surface area contributed by atoms with Crippen molar-refractivity contribution >= 4 is 23.7 Å². The maximum Gasteiger partial charge on any atom is 0.225 e. The fourth-order valence-electron chi connectivity index (χ4n) is 2.87. The first-order valence-corrected chi connectivity index (χ1v) is 10.2. The highest BCUT2D eigenvalue weighted by atomic mass is 32.2. The number of nitrogens with one attached hydrogen (secondary N) is 1. The van der Waals surface area contributed by atoms with Gasteiger partial charge in [0.05, 0.1) is 6.54 Å². The Labute approximate surface area is 163 Å². The van der Waals surface area contributed by atoms with Gasteiger partial charge in [-0.1, -0.05) is 12.1 Å². The van der Waals surface area contributed by atoms with Crippen molar-refractivity contribution in [3.05, 3.63) is 48.5 Å². The number of aliphatic imine (C=N–C) groups is 1. The number of hydrogen-bond donors (Lipinski definition) is 1. The molecule has 0 saturated carbocycles. The van der Waals surface area contributed by atoms with E-state index in [1.807, 2.05) is 12.1 Å². The molecule has 1 aromatic heterocycles. The Bertz CT molecular complexity index is 734. The summed E-state index contributed by atoms with van der Waals surface area (Å²) in [7, 11) is 0. The van der Waals surface area contributed by atoms with Crippen molar-refractivity contribution in [3.63, 3.8) is 0 Å². The molecule has 27 heavy (non-hydrogen) atoms. The van der Waals surface area contributed by atoms with E-state index in [1.165, 1.54) is 17.8 Å². The molecule has 0 bridgehead atoms. The van der Waals surface area contributed by atoms with Gasteiger partial charge in [0.2, 0.25) is 5.95 Å². The van der Waals surface area contributed by atoms with Crippen LogP contribution in [-0.4, -0.2) is 65.8 Å². The predicted molar refractivity (Wildman–Crippen MR) is 109 cm³/mol. The molecule has 0 atom stereocenters. The highest BCUT2D eigenvalue weighted by Crippen LogP contribution is 2.20. The third kappa shape index (κ3) is 5.56. The monoisotopic (exact) mass is 388 g/mol. The van der Waals surface area contributed by atoms with Gasteiger partial charge in [0.1, 0.15) is 5.82 Å². The normalized spacial score (nSPS) is 15.1. The largest absolute Gasteiger partial charge is 0.357 e. The predicted octanol–water partition coefficient (Wildman–Crippen LogP) is 2.50. The van der Waals surface area contributed by atoms with Crippen molar-refractivity contribution in [2.45, 2.75) is 11.8 Å². The van der Waals surface area contributed by atoms with Crippen LogP contribution in [0.25, 0.3) is 0 Å². The van der Waals surface area contributed by atoms with E-state index in [4.69, 9.17) is 4.99 Å². The van der Waals surface area contributed by atoms with Crippen LogP contribution >= 0.6 is 11.8 Å². The maximum absolute atomic E-state index is 13.7. The van der Waals surface area contributed by atoms with E-state index in [-0.39, 0.29) is 5.82 Å². The second-order valence-electron chi connectivity index (χ2n) is 6.04. The third-order valence-electron chi connectivity index (χ3n) is 4.20. The Morgan fingerprint density at radius 3 is 2.59 bits per heavy atom. The van der Waals surface area contributed by atoms with Gasteiger partial charge in [-0.05, 0) is 25.1 Å². The lowest BCUT2D eigenvalue weighted by Gasteiger charge is -2.36. The molecule has 1 N–H and O–H groups in total. The number of thioether (sulfide) groups is 1. The first kappa shape index (κ1) is 19.4. The number of halogens is 1. The van der Waals surface area contributed by atoms with Gasteiger partial charge in [-0.2, -0.15) is 0 Å². The molecule has 1 fully saturated rings. The fourth-order valence-corrected chi connectivity index (χ4v) is 3.65. The van der Waals surface area contributed by atoms with E-state index < -0.39 is 0 Å². The van der Waals surface area contributed by atoms with Crippen molar-refractivity contribution < 1.29 is 4.39 Å². The van der Waals surface area contributed by atoms with Gasteiger partial charge >= 0.3 is 0 Å². The van der Waals surface area contributed by atoms with Crippen LogP contribution < -0.4 is 10.2 Å². The smallest absolute Gasteiger partial charge is 0.225 e. The number of anilines is 1. The molecule has 0 amide bonds. The minimum Gasteiger partial charge on any atom is -0.357 e. The molecular formula is C19H25FN6S. The Hall–Kier alpha value is -2.35. The molecule has 144 valence electrons. The summed E-state index contributed by atoms with van der Waals surface area (Å²) in [5, 5.41) is 3.36. The topological polar surface area (TPSA) is 56.7 Å². The molecule has 1 aliphatic heterocycles. The van der Waals surface area contributed by atoms with Crippen molar-refractivity contribution in [1.82, 2.24) is 20.2 Å². The zero-order valence-electron chi connectivity index (χ0n) is 15.5. The molecular weight excluding hydrogens is 363 g/mol. The zero-order chi connectivity index (χ0) is 18.9. The van der Waals surface area contributed by atoms with Crippen molar-refractivity contribution in [1.29, 1.82) is 0 Å². The van der Waals surface area contributed by atoms with E-state index in [0.29, 0.717) is 11.4 Å². The summed E-state index contributed by atoms with van der Waals surface area (Å²) < 4.78 is 13.7. The van der Waals surface area contributed by atoms with Gasteiger partial charge in [0.15, 0.2) is 5.96 Å². The second-order valence-corrected chi connectivity index (χ2v) is 7.17. The van der Waals surface area contributed by atoms with E-state index in [0.717, 1.165) is 50.4 Å². The highest BCUT2D eigenvalue weighted by Gasteiger charge is 2.20. The van der Waals surface area contributed by atoms with Crippen LogP contribution in [-0.2, 0) is 0 Å². The average Bonchev–Trinajstić information content (AvgIpc) is 2.72.